The lowest BCUT2D eigenvalue weighted by molar-refractivity contribution is 0.477. The molecule has 10 aromatic carbocycles. The van der Waals surface area contributed by atoms with Gasteiger partial charge in [0.2, 0.25) is 0 Å². The smallest absolute Gasteiger partial charge is 0.124 e. The Morgan fingerprint density at radius 1 is 0.450 bits per heavy atom. The summed E-state index contributed by atoms with van der Waals surface area (Å²) in [6, 6.07) is 69.1. The van der Waals surface area contributed by atoms with Gasteiger partial charge in [0.1, 0.15) is 5.75 Å². The van der Waals surface area contributed by atoms with Crippen molar-refractivity contribution >= 4 is 63.8 Å². The predicted octanol–water partition coefficient (Wildman–Crippen LogP) is 16.3. The van der Waals surface area contributed by atoms with Crippen LogP contribution in [0.25, 0.3) is 97.0 Å². The number of aromatic hydroxyl groups is 1. The number of benzene rings is 10. The highest BCUT2D eigenvalue weighted by Crippen LogP contribution is 2.48. The fourth-order valence-corrected chi connectivity index (χ4v) is 11.6. The number of hydrogen-bond donors (Lipinski definition) is 1. The van der Waals surface area contributed by atoms with Crippen molar-refractivity contribution in [3.05, 3.63) is 210 Å². The van der Waals surface area contributed by atoms with E-state index in [0.717, 1.165) is 40.7 Å². The molecule has 12 rings (SSSR count). The van der Waals surface area contributed by atoms with Crippen LogP contribution >= 0.6 is 11.3 Å². The Morgan fingerprint density at radius 3 is 1.85 bits per heavy atom. The molecule has 1 aliphatic rings. The lowest BCUT2D eigenvalue weighted by Crippen LogP contribution is -2.02. The van der Waals surface area contributed by atoms with Gasteiger partial charge in [-0.05, 0) is 132 Å². The highest BCUT2D eigenvalue weighted by Gasteiger charge is 2.25. The Kier molecular flexibility index (Phi) is 8.05. The van der Waals surface area contributed by atoms with Gasteiger partial charge in [-0.3, -0.25) is 0 Å². The molecule has 2 heteroatoms. The molecule has 0 radical (unpaired) electrons. The quantitative estimate of drug-likeness (QED) is 0.176. The van der Waals surface area contributed by atoms with Crippen molar-refractivity contribution in [2.75, 3.05) is 0 Å². The van der Waals surface area contributed by atoms with Gasteiger partial charge in [0, 0.05) is 37.2 Å². The molecule has 284 valence electrons. The number of rotatable bonds is 4. The van der Waals surface area contributed by atoms with Gasteiger partial charge in [0.25, 0.3) is 0 Å². The first kappa shape index (κ1) is 35.0. The normalized spacial score (nSPS) is 13.8. The van der Waals surface area contributed by atoms with Gasteiger partial charge in [-0.25, -0.2) is 0 Å². The summed E-state index contributed by atoms with van der Waals surface area (Å²) in [4.78, 5) is 0. The molecule has 0 amide bonds. The molecule has 0 spiro atoms. The van der Waals surface area contributed by atoms with E-state index >= 15 is 0 Å². The lowest BCUT2D eigenvalue weighted by atomic mass is 9.85. The van der Waals surface area contributed by atoms with Gasteiger partial charge in [-0.1, -0.05) is 164 Å². The Balaban J connectivity index is 0.952. The van der Waals surface area contributed by atoms with E-state index in [1.807, 2.05) is 17.4 Å². The summed E-state index contributed by atoms with van der Waals surface area (Å²) in [5.41, 5.74) is 14.7. The molecule has 0 aliphatic heterocycles. The fourth-order valence-electron chi connectivity index (χ4n) is 10.3. The van der Waals surface area contributed by atoms with Crippen LogP contribution < -0.4 is 0 Å². The number of fused-ring (bicyclic) bond motifs is 12. The molecule has 1 nitrogen and oxygen atoms in total. The SMILES string of the molecule is Cc1ccccc1-c1c(O)cccc1-c1cccc2c1sc1cc([C@H]3CCc4ccc(-c5ccc6c7ccccc7c7ccccc7c6c5)cc4-c4ccccc43)ccc12. The summed E-state index contributed by atoms with van der Waals surface area (Å²) in [6.45, 7) is 2.11. The molecule has 1 N–H and O–H groups in total. The number of hydrogen-bond acceptors (Lipinski definition) is 2. The van der Waals surface area contributed by atoms with E-state index in [2.05, 4.69) is 183 Å². The maximum Gasteiger partial charge on any atom is 0.124 e. The molecule has 11 aromatic rings. The standard InChI is InChI=1S/C58H40OS/c1-35-12-2-3-13-40(35)57-50(20-11-23-55(57)59)52-22-10-21-51-49-31-28-39(34-56(49)60-58(51)52)41-29-26-36-24-25-37(32-53(36)46-18-8-4-14-42(41)46)38-27-30-48-45-17-6-5-15-43(45)44-16-7-9-19-47(44)54(48)33-38/h2-25,27-28,30-34,41,59H,26,29H2,1H3/t41-/m1/s1. The molecule has 1 aliphatic carbocycles. The summed E-state index contributed by atoms with van der Waals surface area (Å²) in [6.07, 6.45) is 2.06. The highest BCUT2D eigenvalue weighted by molar-refractivity contribution is 7.26. The Bertz CT molecular complexity index is 3500. The Labute approximate surface area is 353 Å². The third-order valence-corrected chi connectivity index (χ3v) is 14.4. The predicted molar refractivity (Wildman–Crippen MR) is 257 cm³/mol. The Morgan fingerprint density at radius 2 is 1.05 bits per heavy atom. The first-order chi connectivity index (χ1) is 29.6. The zero-order valence-electron chi connectivity index (χ0n) is 33.2. The minimum absolute atomic E-state index is 0.269. The van der Waals surface area contributed by atoms with Crippen LogP contribution in [0.4, 0.5) is 0 Å². The second-order valence-corrected chi connectivity index (χ2v) is 17.5. The monoisotopic (exact) mass is 784 g/mol. The van der Waals surface area contributed by atoms with Crippen LogP contribution in [0.15, 0.2) is 188 Å². The van der Waals surface area contributed by atoms with Gasteiger partial charge in [-0.15, -0.1) is 11.3 Å². The van der Waals surface area contributed by atoms with Gasteiger partial charge in [-0.2, -0.15) is 0 Å². The highest BCUT2D eigenvalue weighted by atomic mass is 32.1. The average molecular weight is 785 g/mol. The maximum atomic E-state index is 11.3. The zero-order chi connectivity index (χ0) is 39.9. The van der Waals surface area contributed by atoms with Crippen LogP contribution in [0.1, 0.15) is 34.6 Å². The number of phenolic OH excluding ortho intramolecular Hbond substituents is 1. The topological polar surface area (TPSA) is 20.2 Å². The minimum Gasteiger partial charge on any atom is -0.507 e. The zero-order valence-corrected chi connectivity index (χ0v) is 34.1. The summed E-state index contributed by atoms with van der Waals surface area (Å²) in [5.74, 6) is 0.576. The van der Waals surface area contributed by atoms with Gasteiger partial charge >= 0.3 is 0 Å². The maximum absolute atomic E-state index is 11.3. The van der Waals surface area contributed by atoms with E-state index in [1.54, 1.807) is 6.07 Å². The van der Waals surface area contributed by atoms with E-state index in [9.17, 15) is 5.11 Å². The van der Waals surface area contributed by atoms with Crippen LogP contribution in [-0.4, -0.2) is 5.11 Å². The van der Waals surface area contributed by atoms with Crippen LogP contribution in [0.2, 0.25) is 0 Å². The van der Waals surface area contributed by atoms with E-state index in [1.165, 1.54) is 91.4 Å². The molecular formula is C58H40OS. The molecule has 0 fully saturated rings. The molecule has 0 saturated heterocycles. The first-order valence-electron chi connectivity index (χ1n) is 21.0. The third kappa shape index (κ3) is 5.45. The van der Waals surface area contributed by atoms with Crippen LogP contribution in [0.3, 0.4) is 0 Å². The summed E-state index contributed by atoms with van der Waals surface area (Å²) in [5, 5.41) is 21.6. The van der Waals surface area contributed by atoms with Gasteiger partial charge < -0.3 is 5.11 Å². The fraction of sp³-hybridized carbons (Fsp3) is 0.0690. The van der Waals surface area contributed by atoms with Crippen molar-refractivity contribution < 1.29 is 5.11 Å². The first-order valence-corrected chi connectivity index (χ1v) is 21.8. The molecule has 1 aromatic heterocycles. The third-order valence-electron chi connectivity index (χ3n) is 13.2. The molecule has 60 heavy (non-hydrogen) atoms. The minimum atomic E-state index is 0.269. The van der Waals surface area contributed by atoms with E-state index in [-0.39, 0.29) is 5.92 Å². The van der Waals surface area contributed by atoms with Gasteiger partial charge in [0.05, 0.1) is 0 Å². The number of thiophene rings is 1. The van der Waals surface area contributed by atoms with Crippen molar-refractivity contribution in [1.82, 2.24) is 0 Å². The van der Waals surface area contributed by atoms with Crippen molar-refractivity contribution in [3.8, 4) is 50.3 Å². The van der Waals surface area contributed by atoms with E-state index in [0.29, 0.717) is 5.75 Å². The summed E-state index contributed by atoms with van der Waals surface area (Å²) < 4.78 is 2.55. The second kappa shape index (κ2) is 13.8. The van der Waals surface area contributed by atoms with Crippen molar-refractivity contribution in [2.24, 2.45) is 0 Å². The van der Waals surface area contributed by atoms with E-state index in [4.69, 9.17) is 0 Å². The summed E-state index contributed by atoms with van der Waals surface area (Å²) >= 11 is 1.87. The molecule has 0 unspecified atom stereocenters. The molecule has 1 heterocycles. The van der Waals surface area contributed by atoms with Gasteiger partial charge in [0.15, 0.2) is 0 Å². The Hall–Kier alpha value is -7.00. The lowest BCUT2D eigenvalue weighted by Gasteiger charge is -2.19. The largest absolute Gasteiger partial charge is 0.507 e. The van der Waals surface area contributed by atoms with Crippen molar-refractivity contribution in [1.29, 1.82) is 0 Å². The average Bonchev–Trinajstić information content (AvgIpc) is 3.59. The van der Waals surface area contributed by atoms with Crippen LogP contribution in [0.5, 0.6) is 5.75 Å². The van der Waals surface area contributed by atoms with Crippen molar-refractivity contribution in [2.45, 2.75) is 25.7 Å². The molecule has 0 saturated carbocycles. The molecule has 0 bridgehead atoms. The summed E-state index contributed by atoms with van der Waals surface area (Å²) in [7, 11) is 0. The number of aryl methyl sites for hydroxylation is 2. The van der Waals surface area contributed by atoms with Crippen molar-refractivity contribution in [3.63, 3.8) is 0 Å². The molecule has 1 atom stereocenters. The van der Waals surface area contributed by atoms with E-state index < -0.39 is 0 Å². The van der Waals surface area contributed by atoms with Crippen LogP contribution in [0, 0.1) is 6.92 Å². The second-order valence-electron chi connectivity index (χ2n) is 16.5. The number of phenols is 1. The van der Waals surface area contributed by atoms with Crippen LogP contribution in [-0.2, 0) is 6.42 Å². The molecular weight excluding hydrogens is 745 g/mol.